The van der Waals surface area contributed by atoms with Gasteiger partial charge in [0.1, 0.15) is 0 Å². The van der Waals surface area contributed by atoms with Gasteiger partial charge in [-0.3, -0.25) is 0 Å². The first-order valence-corrected chi connectivity index (χ1v) is 4.14. The van der Waals surface area contributed by atoms with Crippen LogP contribution in [0.25, 0.3) is 0 Å². The fourth-order valence-electron chi connectivity index (χ4n) is 1.50. The number of hydrogen-bond acceptors (Lipinski definition) is 1. The van der Waals surface area contributed by atoms with Crippen LogP contribution in [0.4, 0.5) is 0 Å². The maximum absolute atomic E-state index is 6.11. The second kappa shape index (κ2) is 2.42. The van der Waals surface area contributed by atoms with Crippen molar-refractivity contribution in [3.63, 3.8) is 0 Å². The lowest BCUT2D eigenvalue weighted by molar-refractivity contribution is 0.636. The highest BCUT2D eigenvalue weighted by atomic mass is 35.5. The number of halogens is 1. The number of nitrogens with one attached hydrogen (secondary N) is 1. The van der Waals surface area contributed by atoms with Crippen LogP contribution in [0.1, 0.15) is 6.92 Å². The van der Waals surface area contributed by atoms with E-state index in [0.717, 1.165) is 5.03 Å². The van der Waals surface area contributed by atoms with Crippen molar-refractivity contribution < 1.29 is 0 Å². The molecule has 1 N–H and O–H groups in total. The van der Waals surface area contributed by atoms with Gasteiger partial charge in [0.05, 0.1) is 6.04 Å². The lowest BCUT2D eigenvalue weighted by atomic mass is 9.94. The molecule has 1 nitrogen and oxygen atoms in total. The summed E-state index contributed by atoms with van der Waals surface area (Å²) in [6, 6.07) is 0.395. The minimum absolute atomic E-state index is 0.377. The van der Waals surface area contributed by atoms with Crippen molar-refractivity contribution in [3.05, 3.63) is 35.0 Å². The van der Waals surface area contributed by atoms with Crippen molar-refractivity contribution in [2.45, 2.75) is 13.0 Å². The van der Waals surface area contributed by atoms with Gasteiger partial charge < -0.3 is 5.32 Å². The largest absolute Gasteiger partial charge is 0.384 e. The van der Waals surface area contributed by atoms with E-state index in [0.29, 0.717) is 12.0 Å². The lowest BCUT2D eigenvalue weighted by Crippen LogP contribution is -2.26. The topological polar surface area (TPSA) is 12.0 Å². The van der Waals surface area contributed by atoms with Crippen molar-refractivity contribution in [1.82, 2.24) is 5.32 Å². The number of hydrogen-bond donors (Lipinski definition) is 1. The first kappa shape index (κ1) is 6.99. The van der Waals surface area contributed by atoms with E-state index in [4.69, 9.17) is 11.6 Å². The van der Waals surface area contributed by atoms with Crippen LogP contribution in [-0.4, -0.2) is 6.04 Å². The quantitative estimate of drug-likeness (QED) is 0.583. The minimum Gasteiger partial charge on any atom is -0.384 e. The lowest BCUT2D eigenvalue weighted by Gasteiger charge is -2.20. The Morgan fingerprint density at radius 3 is 3.09 bits per heavy atom. The molecule has 2 unspecified atom stereocenters. The van der Waals surface area contributed by atoms with Crippen molar-refractivity contribution in [2.75, 3.05) is 0 Å². The zero-order valence-corrected chi connectivity index (χ0v) is 7.10. The second-order valence-corrected chi connectivity index (χ2v) is 3.37. The van der Waals surface area contributed by atoms with Crippen LogP contribution in [0, 0.1) is 5.92 Å². The maximum Gasteiger partial charge on any atom is 0.0554 e. The average Bonchev–Trinajstić information content (AvgIpc) is 2.45. The van der Waals surface area contributed by atoms with Crippen LogP contribution in [0.5, 0.6) is 0 Å². The Bertz CT molecular complexity index is 263. The Labute approximate surface area is 71.4 Å². The predicted octanol–water partition coefficient (Wildman–Crippen LogP) is 2.17. The summed E-state index contributed by atoms with van der Waals surface area (Å²) < 4.78 is 0. The molecule has 0 aromatic carbocycles. The van der Waals surface area contributed by atoms with Crippen LogP contribution >= 0.6 is 11.6 Å². The summed E-state index contributed by atoms with van der Waals surface area (Å²) in [5.41, 5.74) is 1.18. The molecule has 2 rings (SSSR count). The Hall–Kier alpha value is -0.690. The minimum atomic E-state index is 0.377. The molecule has 0 aromatic rings. The SMILES string of the molecule is CC1=C(Cl)C2C=CNC2C=C1. The van der Waals surface area contributed by atoms with E-state index in [1.165, 1.54) is 5.57 Å². The zero-order chi connectivity index (χ0) is 7.84. The normalized spacial score (nSPS) is 34.0. The first-order chi connectivity index (χ1) is 5.29. The van der Waals surface area contributed by atoms with E-state index >= 15 is 0 Å². The van der Waals surface area contributed by atoms with Crippen molar-refractivity contribution in [2.24, 2.45) is 5.92 Å². The second-order valence-electron chi connectivity index (χ2n) is 2.97. The van der Waals surface area contributed by atoms with Crippen LogP contribution in [0.15, 0.2) is 35.0 Å². The highest BCUT2D eigenvalue weighted by Crippen LogP contribution is 2.31. The summed E-state index contributed by atoms with van der Waals surface area (Å²) in [7, 11) is 0. The molecule has 2 aliphatic rings. The number of fused-ring (bicyclic) bond motifs is 1. The molecule has 1 heterocycles. The van der Waals surface area contributed by atoms with Crippen molar-refractivity contribution in [1.29, 1.82) is 0 Å². The van der Waals surface area contributed by atoms with Crippen molar-refractivity contribution in [3.8, 4) is 0 Å². The first-order valence-electron chi connectivity index (χ1n) is 3.76. The maximum atomic E-state index is 6.11. The number of allylic oxidation sites excluding steroid dienone is 2. The summed E-state index contributed by atoms with van der Waals surface area (Å²) >= 11 is 6.11. The fourth-order valence-corrected chi connectivity index (χ4v) is 1.77. The summed E-state index contributed by atoms with van der Waals surface area (Å²) in [6.45, 7) is 2.04. The molecule has 0 aromatic heterocycles. The molecule has 0 amide bonds. The Morgan fingerprint density at radius 2 is 2.27 bits per heavy atom. The molecule has 0 radical (unpaired) electrons. The third kappa shape index (κ3) is 1.000. The summed E-state index contributed by atoms with van der Waals surface area (Å²) in [5, 5.41) is 4.19. The highest BCUT2D eigenvalue weighted by molar-refractivity contribution is 6.30. The molecule has 58 valence electrons. The molecule has 0 bridgehead atoms. The molecule has 2 atom stereocenters. The predicted molar refractivity (Wildman–Crippen MR) is 47.2 cm³/mol. The van der Waals surface area contributed by atoms with Gasteiger partial charge in [0.25, 0.3) is 0 Å². The molecular formula is C9H10ClN. The number of rotatable bonds is 0. The van der Waals surface area contributed by atoms with E-state index in [2.05, 4.69) is 23.5 Å². The van der Waals surface area contributed by atoms with E-state index in [1.807, 2.05) is 13.1 Å². The molecule has 0 fully saturated rings. The molecule has 1 aliphatic heterocycles. The average molecular weight is 168 g/mol. The third-order valence-corrected chi connectivity index (χ3v) is 2.75. The standard InChI is InChI=1S/C9H10ClN/c1-6-2-3-8-7(9(6)10)4-5-11-8/h2-5,7-8,11H,1H3. The summed E-state index contributed by atoms with van der Waals surface area (Å²) in [4.78, 5) is 0. The van der Waals surface area contributed by atoms with E-state index in [9.17, 15) is 0 Å². The Kier molecular flexibility index (Phi) is 1.53. The van der Waals surface area contributed by atoms with Gasteiger partial charge in [-0.2, -0.15) is 0 Å². The van der Waals surface area contributed by atoms with Gasteiger partial charge >= 0.3 is 0 Å². The van der Waals surface area contributed by atoms with E-state index < -0.39 is 0 Å². The summed E-state index contributed by atoms with van der Waals surface area (Å²) in [6.07, 6.45) is 8.32. The van der Waals surface area contributed by atoms with E-state index in [-0.39, 0.29) is 0 Å². The molecule has 11 heavy (non-hydrogen) atoms. The Balaban J connectivity index is 2.36. The van der Waals surface area contributed by atoms with Gasteiger partial charge in [-0.25, -0.2) is 0 Å². The van der Waals surface area contributed by atoms with Crippen LogP contribution in [-0.2, 0) is 0 Å². The molecular weight excluding hydrogens is 158 g/mol. The zero-order valence-electron chi connectivity index (χ0n) is 6.34. The molecule has 0 saturated carbocycles. The van der Waals surface area contributed by atoms with Crippen LogP contribution in [0.3, 0.4) is 0 Å². The highest BCUT2D eigenvalue weighted by Gasteiger charge is 2.26. The Morgan fingerprint density at radius 1 is 1.45 bits per heavy atom. The van der Waals surface area contributed by atoms with Gasteiger partial charge in [-0.15, -0.1) is 0 Å². The van der Waals surface area contributed by atoms with Gasteiger partial charge in [0.2, 0.25) is 0 Å². The van der Waals surface area contributed by atoms with Crippen LogP contribution < -0.4 is 5.32 Å². The van der Waals surface area contributed by atoms with Gasteiger partial charge in [-0.1, -0.05) is 29.8 Å². The summed E-state index contributed by atoms with van der Waals surface area (Å²) in [5.74, 6) is 0.377. The molecule has 1 aliphatic carbocycles. The van der Waals surface area contributed by atoms with Gasteiger partial charge in [0.15, 0.2) is 0 Å². The molecule has 0 spiro atoms. The van der Waals surface area contributed by atoms with Crippen molar-refractivity contribution >= 4 is 11.6 Å². The smallest absolute Gasteiger partial charge is 0.0554 e. The van der Waals surface area contributed by atoms with E-state index in [1.54, 1.807) is 0 Å². The fraction of sp³-hybridized carbons (Fsp3) is 0.333. The third-order valence-electron chi connectivity index (χ3n) is 2.20. The van der Waals surface area contributed by atoms with Crippen LogP contribution in [0.2, 0.25) is 0 Å². The molecule has 0 saturated heterocycles. The monoisotopic (exact) mass is 167 g/mol. The van der Waals surface area contributed by atoms with Gasteiger partial charge in [-0.05, 0) is 18.7 Å². The molecule has 2 heteroatoms. The van der Waals surface area contributed by atoms with Gasteiger partial charge in [0, 0.05) is 11.0 Å².